The van der Waals surface area contributed by atoms with Crippen LogP contribution in [0.2, 0.25) is 0 Å². The molecule has 0 aliphatic carbocycles. The summed E-state index contributed by atoms with van der Waals surface area (Å²) in [5.41, 5.74) is 2.12. The molecule has 2 rings (SSSR count). The highest BCUT2D eigenvalue weighted by atomic mass is 16.5. The van der Waals surface area contributed by atoms with Crippen molar-refractivity contribution < 1.29 is 4.74 Å². The molecule has 2 heterocycles. The van der Waals surface area contributed by atoms with Crippen molar-refractivity contribution in [2.24, 2.45) is 0 Å². The molecule has 0 radical (unpaired) electrons. The van der Waals surface area contributed by atoms with Crippen LogP contribution in [0.3, 0.4) is 0 Å². The Morgan fingerprint density at radius 1 is 1.45 bits per heavy atom. The van der Waals surface area contributed by atoms with Crippen LogP contribution in [-0.2, 0) is 6.54 Å². The molecular formula is C16H27N3O. The normalized spacial score (nSPS) is 23.8. The molecule has 0 aromatic carbocycles. The number of piperazine rings is 1. The van der Waals surface area contributed by atoms with E-state index in [2.05, 4.69) is 35.1 Å². The second-order valence-electron chi connectivity index (χ2n) is 5.81. The summed E-state index contributed by atoms with van der Waals surface area (Å²) in [7, 11) is 1.71. The third-order valence-corrected chi connectivity index (χ3v) is 4.00. The molecule has 1 aromatic heterocycles. The second-order valence-corrected chi connectivity index (χ2v) is 5.81. The summed E-state index contributed by atoms with van der Waals surface area (Å²) in [5, 5.41) is 3.63. The van der Waals surface area contributed by atoms with Crippen LogP contribution >= 0.6 is 0 Å². The van der Waals surface area contributed by atoms with E-state index in [0.29, 0.717) is 12.1 Å². The predicted octanol–water partition coefficient (Wildman–Crippen LogP) is 2.36. The van der Waals surface area contributed by atoms with Crippen molar-refractivity contribution in [2.45, 2.75) is 52.2 Å². The van der Waals surface area contributed by atoms with Crippen molar-refractivity contribution >= 4 is 0 Å². The minimum absolute atomic E-state index is 0.552. The van der Waals surface area contributed by atoms with Gasteiger partial charge in [0.15, 0.2) is 0 Å². The van der Waals surface area contributed by atoms with Crippen molar-refractivity contribution in [3.63, 3.8) is 0 Å². The van der Waals surface area contributed by atoms with E-state index in [1.165, 1.54) is 12.8 Å². The number of ether oxygens (including phenoxy) is 1. The molecule has 20 heavy (non-hydrogen) atoms. The fraction of sp³-hybridized carbons (Fsp3) is 0.688. The summed E-state index contributed by atoms with van der Waals surface area (Å²) in [4.78, 5) is 7.17. The van der Waals surface area contributed by atoms with Gasteiger partial charge in [-0.25, -0.2) is 0 Å². The molecule has 0 spiro atoms. The lowest BCUT2D eigenvalue weighted by molar-refractivity contribution is 0.128. The molecule has 0 amide bonds. The largest absolute Gasteiger partial charge is 0.497 e. The van der Waals surface area contributed by atoms with Crippen LogP contribution in [0.15, 0.2) is 12.1 Å². The lowest BCUT2D eigenvalue weighted by Gasteiger charge is -2.38. The number of nitrogens with one attached hydrogen (secondary N) is 1. The number of aryl methyl sites for hydroxylation is 1. The first-order valence-electron chi connectivity index (χ1n) is 7.61. The number of hydrogen-bond acceptors (Lipinski definition) is 4. The highest BCUT2D eigenvalue weighted by Crippen LogP contribution is 2.18. The number of aromatic nitrogens is 1. The van der Waals surface area contributed by atoms with Crippen molar-refractivity contribution in [3.05, 3.63) is 23.5 Å². The molecule has 1 saturated heterocycles. The molecule has 0 bridgehead atoms. The Bertz CT molecular complexity index is 436. The molecule has 2 atom stereocenters. The van der Waals surface area contributed by atoms with Gasteiger partial charge in [-0.3, -0.25) is 9.88 Å². The van der Waals surface area contributed by atoms with E-state index < -0.39 is 0 Å². The molecule has 0 saturated carbocycles. The van der Waals surface area contributed by atoms with Gasteiger partial charge in [0.25, 0.3) is 0 Å². The molecule has 1 N–H and O–H groups in total. The first-order chi connectivity index (χ1) is 9.62. The first-order valence-corrected chi connectivity index (χ1v) is 7.61. The standard InChI is InChI=1S/C16H27N3O/c1-5-6-14-10-19(13(3)9-17-14)11-15-8-16(20-4)7-12(2)18-15/h7-8,13-14,17H,5-6,9-11H2,1-4H3. The third kappa shape index (κ3) is 3.93. The predicted molar refractivity (Wildman–Crippen MR) is 82.1 cm³/mol. The molecule has 4 heteroatoms. The van der Waals surface area contributed by atoms with E-state index in [1.807, 2.05) is 13.0 Å². The van der Waals surface area contributed by atoms with Gasteiger partial charge in [-0.05, 0) is 20.3 Å². The van der Waals surface area contributed by atoms with Crippen molar-refractivity contribution in [3.8, 4) is 5.75 Å². The van der Waals surface area contributed by atoms with Gasteiger partial charge in [0.05, 0.1) is 12.8 Å². The quantitative estimate of drug-likeness (QED) is 0.896. The van der Waals surface area contributed by atoms with Crippen LogP contribution in [0.1, 0.15) is 38.1 Å². The Balaban J connectivity index is 2.05. The van der Waals surface area contributed by atoms with Crippen LogP contribution in [0, 0.1) is 6.92 Å². The summed E-state index contributed by atoms with van der Waals surface area (Å²) in [5.74, 6) is 0.903. The molecule has 1 fully saturated rings. The fourth-order valence-corrected chi connectivity index (χ4v) is 2.87. The fourth-order valence-electron chi connectivity index (χ4n) is 2.87. The maximum Gasteiger partial charge on any atom is 0.122 e. The Labute approximate surface area is 122 Å². The van der Waals surface area contributed by atoms with Crippen molar-refractivity contribution in [1.29, 1.82) is 0 Å². The van der Waals surface area contributed by atoms with Gasteiger partial charge in [0, 0.05) is 49.5 Å². The molecule has 112 valence electrons. The zero-order valence-electron chi connectivity index (χ0n) is 13.1. The number of hydrogen-bond donors (Lipinski definition) is 1. The van der Waals surface area contributed by atoms with Crippen LogP contribution in [0.4, 0.5) is 0 Å². The highest BCUT2D eigenvalue weighted by molar-refractivity contribution is 5.26. The molecule has 4 nitrogen and oxygen atoms in total. The maximum absolute atomic E-state index is 5.34. The Morgan fingerprint density at radius 3 is 2.95 bits per heavy atom. The molecule has 2 unspecified atom stereocenters. The van der Waals surface area contributed by atoms with E-state index in [4.69, 9.17) is 4.74 Å². The van der Waals surface area contributed by atoms with Gasteiger partial charge in [-0.1, -0.05) is 13.3 Å². The van der Waals surface area contributed by atoms with Crippen molar-refractivity contribution in [2.75, 3.05) is 20.2 Å². The van der Waals surface area contributed by atoms with E-state index >= 15 is 0 Å². The van der Waals surface area contributed by atoms with Crippen LogP contribution < -0.4 is 10.1 Å². The summed E-state index contributed by atoms with van der Waals surface area (Å²) in [6.07, 6.45) is 2.48. The minimum atomic E-state index is 0.552. The average molecular weight is 277 g/mol. The Morgan fingerprint density at radius 2 is 2.25 bits per heavy atom. The second kappa shape index (κ2) is 7.04. The molecule has 1 aliphatic rings. The summed E-state index contributed by atoms with van der Waals surface area (Å²) < 4.78 is 5.34. The van der Waals surface area contributed by atoms with E-state index in [9.17, 15) is 0 Å². The molecular weight excluding hydrogens is 250 g/mol. The van der Waals surface area contributed by atoms with Gasteiger partial charge in [-0.15, -0.1) is 0 Å². The van der Waals surface area contributed by atoms with Crippen LogP contribution in [0.25, 0.3) is 0 Å². The topological polar surface area (TPSA) is 37.4 Å². The lowest BCUT2D eigenvalue weighted by Crippen LogP contribution is -2.54. The van der Waals surface area contributed by atoms with Gasteiger partial charge >= 0.3 is 0 Å². The molecule has 1 aliphatic heterocycles. The number of rotatable bonds is 5. The zero-order valence-corrected chi connectivity index (χ0v) is 13.1. The van der Waals surface area contributed by atoms with E-state index in [0.717, 1.165) is 36.8 Å². The van der Waals surface area contributed by atoms with Crippen LogP contribution in [-0.4, -0.2) is 42.2 Å². The van der Waals surface area contributed by atoms with Crippen molar-refractivity contribution in [1.82, 2.24) is 15.2 Å². The number of nitrogens with zero attached hydrogens (tertiary/aromatic N) is 2. The summed E-state index contributed by atoms with van der Waals surface area (Å²) >= 11 is 0. The number of methoxy groups -OCH3 is 1. The van der Waals surface area contributed by atoms with Crippen LogP contribution in [0.5, 0.6) is 5.75 Å². The first kappa shape index (κ1) is 15.3. The summed E-state index contributed by atoms with van der Waals surface area (Å²) in [6.45, 7) is 9.62. The highest BCUT2D eigenvalue weighted by Gasteiger charge is 2.24. The van der Waals surface area contributed by atoms with Gasteiger partial charge < -0.3 is 10.1 Å². The zero-order chi connectivity index (χ0) is 14.5. The summed E-state index contributed by atoms with van der Waals surface area (Å²) in [6, 6.07) is 5.19. The Kier molecular flexibility index (Phi) is 5.38. The van der Waals surface area contributed by atoms with E-state index in [1.54, 1.807) is 7.11 Å². The minimum Gasteiger partial charge on any atom is -0.497 e. The average Bonchev–Trinajstić information content (AvgIpc) is 2.42. The monoisotopic (exact) mass is 277 g/mol. The Hall–Kier alpha value is -1.13. The van der Waals surface area contributed by atoms with E-state index in [-0.39, 0.29) is 0 Å². The van der Waals surface area contributed by atoms with Gasteiger partial charge in [-0.2, -0.15) is 0 Å². The lowest BCUT2D eigenvalue weighted by atomic mass is 10.1. The number of pyridine rings is 1. The van der Waals surface area contributed by atoms with Gasteiger partial charge in [0.1, 0.15) is 5.75 Å². The smallest absolute Gasteiger partial charge is 0.122 e. The molecule has 1 aromatic rings. The SMILES string of the molecule is CCCC1CN(Cc2cc(OC)cc(C)n2)C(C)CN1. The maximum atomic E-state index is 5.34. The third-order valence-electron chi connectivity index (χ3n) is 4.00. The van der Waals surface area contributed by atoms with Gasteiger partial charge in [0.2, 0.25) is 0 Å².